The maximum atomic E-state index is 12.6. The van der Waals surface area contributed by atoms with Crippen LogP contribution in [0.25, 0.3) is 27.8 Å². The van der Waals surface area contributed by atoms with Gasteiger partial charge in [0.05, 0.1) is 28.8 Å². The number of benzene rings is 2. The fraction of sp³-hybridized carbons (Fsp3) is 0.143. The number of nitrogens with one attached hydrogen (secondary N) is 2. The summed E-state index contributed by atoms with van der Waals surface area (Å²) in [4.78, 5) is 30.4. The minimum absolute atomic E-state index is 0.138. The van der Waals surface area contributed by atoms with E-state index in [1.54, 1.807) is 10.9 Å². The first-order chi connectivity index (χ1) is 14.3. The number of nitrogens with zero attached hydrogens (tertiary/aromatic N) is 5. The summed E-state index contributed by atoms with van der Waals surface area (Å²) < 4.78 is 1.71. The molecule has 1 saturated heterocycles. The highest BCUT2D eigenvalue weighted by Gasteiger charge is 2.32. The topological polar surface area (TPSA) is 95.5 Å². The van der Waals surface area contributed by atoms with Crippen LogP contribution in [0.1, 0.15) is 11.7 Å². The summed E-state index contributed by atoms with van der Waals surface area (Å²) in [5.74, 6) is 1.67. The molecule has 1 fully saturated rings. The molecule has 0 spiro atoms. The molecular weight excluding hydrogens is 366 g/mol. The zero-order valence-corrected chi connectivity index (χ0v) is 15.4. The van der Waals surface area contributed by atoms with Gasteiger partial charge in [0.15, 0.2) is 5.65 Å². The number of H-pyrrole nitrogens is 2. The zero-order chi connectivity index (χ0) is 19.4. The third kappa shape index (κ3) is 2.53. The molecule has 0 bridgehead atoms. The number of fused-ring (bicyclic) bond motifs is 2. The molecule has 5 aromatic rings. The van der Waals surface area contributed by atoms with Gasteiger partial charge in [-0.2, -0.15) is 5.10 Å². The maximum absolute atomic E-state index is 12.6. The van der Waals surface area contributed by atoms with Crippen LogP contribution >= 0.6 is 0 Å². The Hall–Kier alpha value is -3.94. The van der Waals surface area contributed by atoms with E-state index in [0.717, 1.165) is 35.8 Å². The van der Waals surface area contributed by atoms with Crippen molar-refractivity contribution >= 4 is 28.0 Å². The van der Waals surface area contributed by atoms with Crippen LogP contribution < -0.4 is 10.5 Å². The van der Waals surface area contributed by atoms with E-state index in [1.807, 2.05) is 54.6 Å². The number of aromatic amines is 2. The summed E-state index contributed by atoms with van der Waals surface area (Å²) in [6, 6.07) is 17.7. The predicted octanol–water partition coefficient (Wildman–Crippen LogP) is 2.59. The summed E-state index contributed by atoms with van der Waals surface area (Å²) in [7, 11) is 0. The fourth-order valence-electron chi connectivity index (χ4n) is 3.80. The van der Waals surface area contributed by atoms with Gasteiger partial charge in [-0.15, -0.1) is 0 Å². The molecule has 29 heavy (non-hydrogen) atoms. The average Bonchev–Trinajstić information content (AvgIpc) is 3.32. The van der Waals surface area contributed by atoms with Gasteiger partial charge < -0.3 is 14.9 Å². The summed E-state index contributed by atoms with van der Waals surface area (Å²) in [6.07, 6.45) is 1.57. The van der Waals surface area contributed by atoms with Gasteiger partial charge >= 0.3 is 0 Å². The van der Waals surface area contributed by atoms with E-state index in [2.05, 4.69) is 25.0 Å². The Balaban J connectivity index is 1.32. The second kappa shape index (κ2) is 6.03. The first-order valence-corrected chi connectivity index (χ1v) is 9.49. The highest BCUT2D eigenvalue weighted by Crippen LogP contribution is 2.29. The smallest absolute Gasteiger partial charge is 0.262 e. The number of aromatic nitrogens is 6. The number of rotatable bonds is 3. The van der Waals surface area contributed by atoms with Gasteiger partial charge in [0.25, 0.3) is 5.56 Å². The van der Waals surface area contributed by atoms with Gasteiger partial charge in [0.2, 0.25) is 5.95 Å². The first-order valence-electron chi connectivity index (χ1n) is 9.49. The summed E-state index contributed by atoms with van der Waals surface area (Å²) in [5, 5.41) is 4.86. The van der Waals surface area contributed by atoms with Crippen molar-refractivity contribution in [2.45, 2.75) is 5.92 Å². The number of para-hydroxylation sites is 3. The van der Waals surface area contributed by atoms with E-state index >= 15 is 0 Å². The van der Waals surface area contributed by atoms with Crippen molar-refractivity contribution in [1.82, 2.24) is 29.7 Å². The Kier molecular flexibility index (Phi) is 3.34. The lowest BCUT2D eigenvalue weighted by molar-refractivity contribution is 0.493. The summed E-state index contributed by atoms with van der Waals surface area (Å²) in [5.41, 5.74) is 3.27. The second-order valence-corrected chi connectivity index (χ2v) is 7.26. The standard InChI is InChI=1S/C21H17N7O/c29-20-15-10-22-28(14-6-2-1-3-7-14)19(15)25-18(26-20)13-11-27(12-13)21-23-16-8-4-5-9-17(16)24-21/h1-10,13H,11-12H2,(H,23,24)(H,25,26,29). The quantitative estimate of drug-likeness (QED) is 0.499. The summed E-state index contributed by atoms with van der Waals surface area (Å²) in [6.45, 7) is 1.49. The number of anilines is 1. The van der Waals surface area contributed by atoms with Crippen LogP contribution in [0.4, 0.5) is 5.95 Å². The molecule has 0 radical (unpaired) electrons. The van der Waals surface area contributed by atoms with E-state index in [9.17, 15) is 4.79 Å². The molecule has 0 unspecified atom stereocenters. The lowest BCUT2D eigenvalue weighted by atomic mass is 10.00. The summed E-state index contributed by atoms with van der Waals surface area (Å²) >= 11 is 0. The van der Waals surface area contributed by atoms with Gasteiger partial charge in [-0.25, -0.2) is 14.6 Å². The number of imidazole rings is 1. The highest BCUT2D eigenvalue weighted by molar-refractivity contribution is 5.78. The predicted molar refractivity (Wildman–Crippen MR) is 111 cm³/mol. The molecule has 0 atom stereocenters. The Bertz CT molecular complexity index is 1360. The van der Waals surface area contributed by atoms with Gasteiger partial charge in [-0.05, 0) is 24.3 Å². The van der Waals surface area contributed by atoms with Crippen molar-refractivity contribution < 1.29 is 0 Å². The fourth-order valence-corrected chi connectivity index (χ4v) is 3.80. The van der Waals surface area contributed by atoms with Crippen LogP contribution in [0, 0.1) is 0 Å². The van der Waals surface area contributed by atoms with E-state index in [-0.39, 0.29) is 11.5 Å². The monoisotopic (exact) mass is 383 g/mol. The van der Waals surface area contributed by atoms with Gasteiger partial charge in [0.1, 0.15) is 11.2 Å². The van der Waals surface area contributed by atoms with Crippen LogP contribution in [-0.4, -0.2) is 42.8 Å². The Morgan fingerprint density at radius 2 is 1.72 bits per heavy atom. The van der Waals surface area contributed by atoms with Crippen LogP contribution in [-0.2, 0) is 0 Å². The first kappa shape index (κ1) is 16.1. The molecule has 8 nitrogen and oxygen atoms in total. The molecule has 6 rings (SSSR count). The van der Waals surface area contributed by atoms with E-state index in [0.29, 0.717) is 16.9 Å². The van der Waals surface area contributed by atoms with Crippen molar-refractivity contribution in [3.8, 4) is 5.69 Å². The molecule has 0 saturated carbocycles. The van der Waals surface area contributed by atoms with Gasteiger partial charge in [0, 0.05) is 13.1 Å². The van der Waals surface area contributed by atoms with Crippen LogP contribution in [0.2, 0.25) is 0 Å². The normalized spacial score (nSPS) is 14.6. The van der Waals surface area contributed by atoms with E-state index < -0.39 is 0 Å². The van der Waals surface area contributed by atoms with E-state index in [4.69, 9.17) is 4.98 Å². The number of hydrogen-bond acceptors (Lipinski definition) is 5. The Morgan fingerprint density at radius 1 is 0.931 bits per heavy atom. The minimum Gasteiger partial charge on any atom is -0.341 e. The van der Waals surface area contributed by atoms with Crippen LogP contribution in [0.15, 0.2) is 65.6 Å². The lowest BCUT2D eigenvalue weighted by Gasteiger charge is -2.38. The largest absolute Gasteiger partial charge is 0.341 e. The van der Waals surface area contributed by atoms with Crippen molar-refractivity contribution in [3.63, 3.8) is 0 Å². The van der Waals surface area contributed by atoms with Gasteiger partial charge in [-0.1, -0.05) is 30.3 Å². The maximum Gasteiger partial charge on any atom is 0.262 e. The second-order valence-electron chi connectivity index (χ2n) is 7.26. The van der Waals surface area contributed by atoms with Crippen LogP contribution in [0.5, 0.6) is 0 Å². The third-order valence-corrected chi connectivity index (χ3v) is 5.40. The molecule has 1 aliphatic heterocycles. The number of hydrogen-bond donors (Lipinski definition) is 2. The van der Waals surface area contributed by atoms with Crippen molar-refractivity contribution in [1.29, 1.82) is 0 Å². The van der Waals surface area contributed by atoms with Crippen molar-refractivity contribution in [2.24, 2.45) is 0 Å². The molecule has 0 amide bonds. The average molecular weight is 383 g/mol. The molecule has 0 aliphatic carbocycles. The Morgan fingerprint density at radius 3 is 2.55 bits per heavy atom. The lowest BCUT2D eigenvalue weighted by Crippen LogP contribution is -2.46. The van der Waals surface area contributed by atoms with Crippen molar-refractivity contribution in [3.05, 3.63) is 77.0 Å². The highest BCUT2D eigenvalue weighted by atomic mass is 16.1. The van der Waals surface area contributed by atoms with Crippen LogP contribution in [0.3, 0.4) is 0 Å². The molecular formula is C21H17N7O. The molecule has 3 aromatic heterocycles. The molecule has 2 aromatic carbocycles. The molecule has 142 valence electrons. The Labute approximate surface area is 164 Å². The molecule has 8 heteroatoms. The van der Waals surface area contributed by atoms with Gasteiger partial charge in [-0.3, -0.25) is 4.79 Å². The molecule has 1 aliphatic rings. The van der Waals surface area contributed by atoms with Crippen molar-refractivity contribution in [2.75, 3.05) is 18.0 Å². The molecule has 2 N–H and O–H groups in total. The van der Waals surface area contributed by atoms with E-state index in [1.165, 1.54) is 0 Å². The molecule has 4 heterocycles. The third-order valence-electron chi connectivity index (χ3n) is 5.40. The minimum atomic E-state index is -0.158. The SMILES string of the molecule is O=c1[nH]c(C2CN(c3nc4ccccc4[nH]3)C2)nc2c1cnn2-c1ccccc1. The zero-order valence-electron chi connectivity index (χ0n) is 15.4.